The van der Waals surface area contributed by atoms with Gasteiger partial charge >= 0.3 is 5.97 Å². The van der Waals surface area contributed by atoms with E-state index >= 15 is 0 Å². The molecule has 0 saturated carbocycles. The average molecular weight is 373 g/mol. The standard InChI is InChI=1S/C20H23NO4S/c1-2-3-4-15-7-11-18(12-8-15)21-19(22)14-26(25)13-16-5-9-17(10-6-16)20(23)24/h5-12H,2-4,13-14H2,1H3,(H,21,22)(H,23,24). The Kier molecular flexibility index (Phi) is 7.53. The number of hydrogen-bond acceptors (Lipinski definition) is 3. The number of rotatable bonds is 9. The van der Waals surface area contributed by atoms with Crippen molar-refractivity contribution in [1.29, 1.82) is 0 Å². The molecule has 0 aliphatic carbocycles. The van der Waals surface area contributed by atoms with Gasteiger partial charge in [-0.15, -0.1) is 0 Å². The molecule has 1 unspecified atom stereocenters. The van der Waals surface area contributed by atoms with Crippen molar-refractivity contribution in [3.05, 3.63) is 65.2 Å². The first-order chi connectivity index (χ1) is 12.5. The molecular formula is C20H23NO4S. The molecule has 0 fully saturated rings. The highest BCUT2D eigenvalue weighted by molar-refractivity contribution is 7.84. The van der Waals surface area contributed by atoms with Gasteiger partial charge in [-0.25, -0.2) is 4.79 Å². The van der Waals surface area contributed by atoms with E-state index in [1.165, 1.54) is 17.7 Å². The molecule has 0 radical (unpaired) electrons. The molecule has 5 nitrogen and oxygen atoms in total. The number of carboxylic acid groups (broad SMARTS) is 1. The van der Waals surface area contributed by atoms with Crippen LogP contribution >= 0.6 is 0 Å². The molecule has 26 heavy (non-hydrogen) atoms. The molecule has 1 atom stereocenters. The molecule has 2 aromatic rings. The Balaban J connectivity index is 1.83. The van der Waals surface area contributed by atoms with Crippen LogP contribution in [0.5, 0.6) is 0 Å². The number of hydrogen-bond donors (Lipinski definition) is 2. The largest absolute Gasteiger partial charge is 0.478 e. The number of nitrogens with one attached hydrogen (secondary N) is 1. The Morgan fingerprint density at radius 3 is 2.19 bits per heavy atom. The Morgan fingerprint density at radius 2 is 1.62 bits per heavy atom. The highest BCUT2D eigenvalue weighted by Crippen LogP contribution is 2.12. The van der Waals surface area contributed by atoms with Crippen LogP contribution < -0.4 is 5.32 Å². The molecule has 0 aromatic heterocycles. The van der Waals surface area contributed by atoms with Crippen molar-refractivity contribution < 1.29 is 18.9 Å². The van der Waals surface area contributed by atoms with Crippen molar-refractivity contribution in [3.8, 4) is 0 Å². The van der Waals surface area contributed by atoms with E-state index in [0.717, 1.165) is 24.8 Å². The van der Waals surface area contributed by atoms with E-state index < -0.39 is 16.8 Å². The summed E-state index contributed by atoms with van der Waals surface area (Å²) < 4.78 is 12.1. The second-order valence-electron chi connectivity index (χ2n) is 6.08. The number of carbonyl (C=O) groups is 2. The Bertz CT molecular complexity index is 769. The summed E-state index contributed by atoms with van der Waals surface area (Å²) in [6, 6.07) is 13.9. The summed E-state index contributed by atoms with van der Waals surface area (Å²) in [6.45, 7) is 2.15. The minimum absolute atomic E-state index is 0.0989. The number of benzene rings is 2. The van der Waals surface area contributed by atoms with Crippen LogP contribution in [-0.4, -0.2) is 26.9 Å². The van der Waals surface area contributed by atoms with Gasteiger partial charge in [-0.2, -0.15) is 0 Å². The fraction of sp³-hybridized carbons (Fsp3) is 0.300. The summed E-state index contributed by atoms with van der Waals surface area (Å²) in [5, 5.41) is 11.6. The molecular weight excluding hydrogens is 350 g/mol. The lowest BCUT2D eigenvalue weighted by atomic mass is 10.1. The smallest absolute Gasteiger partial charge is 0.335 e. The molecule has 0 bridgehead atoms. The number of aromatic carboxylic acids is 1. The second-order valence-corrected chi connectivity index (χ2v) is 7.54. The fourth-order valence-electron chi connectivity index (χ4n) is 2.46. The van der Waals surface area contributed by atoms with Gasteiger partial charge in [0.15, 0.2) is 0 Å². The van der Waals surface area contributed by atoms with Crippen molar-refractivity contribution in [3.63, 3.8) is 0 Å². The molecule has 0 heterocycles. The Labute approximate surface area is 155 Å². The lowest BCUT2D eigenvalue weighted by molar-refractivity contribution is -0.113. The van der Waals surface area contributed by atoms with Gasteiger partial charge in [0.1, 0.15) is 5.75 Å². The predicted molar refractivity (Wildman–Crippen MR) is 104 cm³/mol. The number of amides is 1. The molecule has 2 N–H and O–H groups in total. The maximum atomic E-state index is 12.1. The number of carbonyl (C=O) groups excluding carboxylic acids is 1. The maximum Gasteiger partial charge on any atom is 0.335 e. The molecule has 2 aromatic carbocycles. The van der Waals surface area contributed by atoms with E-state index in [0.29, 0.717) is 5.69 Å². The van der Waals surface area contributed by atoms with Gasteiger partial charge in [0.2, 0.25) is 5.91 Å². The third-order valence-electron chi connectivity index (χ3n) is 3.88. The Hall–Kier alpha value is -2.47. The third kappa shape index (κ3) is 6.44. The number of anilines is 1. The van der Waals surface area contributed by atoms with E-state index in [9.17, 15) is 13.8 Å². The van der Waals surface area contributed by atoms with Crippen LogP contribution in [0.4, 0.5) is 5.69 Å². The van der Waals surface area contributed by atoms with Gasteiger partial charge < -0.3 is 10.4 Å². The molecule has 0 aliphatic heterocycles. The molecule has 1 amide bonds. The van der Waals surface area contributed by atoms with Crippen molar-refractivity contribution >= 4 is 28.4 Å². The van der Waals surface area contributed by atoms with E-state index in [2.05, 4.69) is 12.2 Å². The lowest BCUT2D eigenvalue weighted by Crippen LogP contribution is -2.20. The number of carboxylic acids is 1. The highest BCUT2D eigenvalue weighted by atomic mass is 32.2. The van der Waals surface area contributed by atoms with Gasteiger partial charge in [-0.1, -0.05) is 37.6 Å². The van der Waals surface area contributed by atoms with E-state index in [4.69, 9.17) is 5.11 Å². The fourth-order valence-corrected chi connectivity index (χ4v) is 3.49. The average Bonchev–Trinajstić information content (AvgIpc) is 2.61. The van der Waals surface area contributed by atoms with Gasteiger partial charge in [0.05, 0.1) is 5.56 Å². The van der Waals surface area contributed by atoms with Crippen LogP contribution in [0.1, 0.15) is 41.3 Å². The van der Waals surface area contributed by atoms with Gasteiger partial charge in [-0.3, -0.25) is 9.00 Å². The molecule has 138 valence electrons. The van der Waals surface area contributed by atoms with E-state index in [1.807, 2.05) is 24.3 Å². The van der Waals surface area contributed by atoms with Crippen molar-refractivity contribution in [2.45, 2.75) is 31.9 Å². The summed E-state index contributed by atoms with van der Waals surface area (Å²) in [4.78, 5) is 22.8. The topological polar surface area (TPSA) is 83.5 Å². The van der Waals surface area contributed by atoms with Gasteiger partial charge in [0, 0.05) is 22.2 Å². The van der Waals surface area contributed by atoms with Crippen molar-refractivity contribution in [2.75, 3.05) is 11.1 Å². The zero-order chi connectivity index (χ0) is 18.9. The first kappa shape index (κ1) is 19.8. The summed E-state index contributed by atoms with van der Waals surface area (Å²) in [5.41, 5.74) is 2.84. The number of aryl methyl sites for hydroxylation is 1. The van der Waals surface area contributed by atoms with Crippen molar-refractivity contribution in [1.82, 2.24) is 0 Å². The van der Waals surface area contributed by atoms with Crippen LogP contribution in [0.15, 0.2) is 48.5 Å². The second kappa shape index (κ2) is 9.87. The van der Waals surface area contributed by atoms with Gasteiger partial charge in [-0.05, 0) is 48.2 Å². The molecule has 6 heteroatoms. The highest BCUT2D eigenvalue weighted by Gasteiger charge is 2.10. The summed E-state index contributed by atoms with van der Waals surface area (Å²) in [6.07, 6.45) is 3.30. The molecule has 0 spiro atoms. The zero-order valence-electron chi connectivity index (χ0n) is 14.7. The van der Waals surface area contributed by atoms with Crippen LogP contribution in [-0.2, 0) is 27.8 Å². The van der Waals surface area contributed by atoms with Crippen LogP contribution in [0.3, 0.4) is 0 Å². The van der Waals surface area contributed by atoms with Crippen LogP contribution in [0.2, 0.25) is 0 Å². The molecule has 0 saturated heterocycles. The minimum atomic E-state index is -1.36. The Morgan fingerprint density at radius 1 is 1.00 bits per heavy atom. The summed E-state index contributed by atoms with van der Waals surface area (Å²) in [5.74, 6) is -1.19. The van der Waals surface area contributed by atoms with E-state index in [1.54, 1.807) is 12.1 Å². The van der Waals surface area contributed by atoms with Crippen LogP contribution in [0.25, 0.3) is 0 Å². The summed E-state index contributed by atoms with van der Waals surface area (Å²) in [7, 11) is -1.36. The first-order valence-corrected chi connectivity index (χ1v) is 10.0. The maximum absolute atomic E-state index is 12.1. The quantitative estimate of drug-likeness (QED) is 0.703. The first-order valence-electron chi connectivity index (χ1n) is 8.54. The SMILES string of the molecule is CCCCc1ccc(NC(=O)CS(=O)Cc2ccc(C(=O)O)cc2)cc1. The van der Waals surface area contributed by atoms with Crippen molar-refractivity contribution in [2.24, 2.45) is 0 Å². The lowest BCUT2D eigenvalue weighted by Gasteiger charge is -2.07. The third-order valence-corrected chi connectivity index (χ3v) is 5.12. The van der Waals surface area contributed by atoms with Gasteiger partial charge in [0.25, 0.3) is 0 Å². The zero-order valence-corrected chi connectivity index (χ0v) is 15.6. The monoisotopic (exact) mass is 373 g/mol. The van der Waals surface area contributed by atoms with E-state index in [-0.39, 0.29) is 23.0 Å². The molecule has 0 aliphatic rings. The number of unbranched alkanes of at least 4 members (excludes halogenated alkanes) is 1. The normalized spacial score (nSPS) is 11.7. The predicted octanol–water partition coefficient (Wildman–Crippen LogP) is 3.61. The van der Waals surface area contributed by atoms with Crippen LogP contribution in [0, 0.1) is 0 Å². The minimum Gasteiger partial charge on any atom is -0.478 e. The molecule has 2 rings (SSSR count). The summed E-state index contributed by atoms with van der Waals surface area (Å²) >= 11 is 0.